The highest BCUT2D eigenvalue weighted by Gasteiger charge is 2.05. The Labute approximate surface area is 95.5 Å². The van der Waals surface area contributed by atoms with Gasteiger partial charge in [0.25, 0.3) is 5.56 Å². The molecule has 5 nitrogen and oxygen atoms in total. The summed E-state index contributed by atoms with van der Waals surface area (Å²) in [7, 11) is 1.66. The fourth-order valence-electron chi connectivity index (χ4n) is 1.38. The fourth-order valence-corrected chi connectivity index (χ4v) is 1.38. The van der Waals surface area contributed by atoms with E-state index < -0.39 is 0 Å². The molecule has 0 fully saturated rings. The number of aromatic nitrogens is 2. The zero-order chi connectivity index (χ0) is 12.0. The van der Waals surface area contributed by atoms with Gasteiger partial charge in [-0.05, 0) is 20.3 Å². The average Bonchev–Trinajstić information content (AvgIpc) is 2.26. The number of rotatable bonds is 6. The summed E-state index contributed by atoms with van der Waals surface area (Å²) >= 11 is 0. The smallest absolute Gasteiger partial charge is 0.293 e. The molecule has 1 heterocycles. The molecule has 0 saturated heterocycles. The van der Waals surface area contributed by atoms with Crippen molar-refractivity contribution >= 4 is 5.82 Å². The van der Waals surface area contributed by atoms with Gasteiger partial charge in [-0.3, -0.25) is 4.79 Å². The molecule has 1 N–H and O–H groups in total. The van der Waals surface area contributed by atoms with Gasteiger partial charge in [-0.25, -0.2) is 4.98 Å². The van der Waals surface area contributed by atoms with Crippen LogP contribution in [0.15, 0.2) is 17.2 Å². The number of nitrogens with zero attached hydrogens (tertiary/aromatic N) is 2. The molecule has 0 spiro atoms. The monoisotopic (exact) mass is 225 g/mol. The molecular weight excluding hydrogens is 206 g/mol. The molecule has 1 aromatic rings. The zero-order valence-electron chi connectivity index (χ0n) is 10.1. The van der Waals surface area contributed by atoms with Crippen LogP contribution < -0.4 is 10.9 Å². The second kappa shape index (κ2) is 6.27. The molecule has 0 bridgehead atoms. The van der Waals surface area contributed by atoms with E-state index in [1.54, 1.807) is 24.1 Å². The van der Waals surface area contributed by atoms with Crippen molar-refractivity contribution in [2.45, 2.75) is 26.3 Å². The molecule has 16 heavy (non-hydrogen) atoms. The number of methoxy groups -OCH3 is 1. The molecule has 0 amide bonds. The summed E-state index contributed by atoms with van der Waals surface area (Å²) in [6.45, 7) is 5.31. The first-order chi connectivity index (χ1) is 7.66. The van der Waals surface area contributed by atoms with E-state index in [2.05, 4.69) is 10.3 Å². The van der Waals surface area contributed by atoms with E-state index in [-0.39, 0.29) is 11.6 Å². The second-order valence-electron chi connectivity index (χ2n) is 3.86. The van der Waals surface area contributed by atoms with Crippen molar-refractivity contribution in [2.75, 3.05) is 25.6 Å². The normalized spacial score (nSPS) is 10.8. The van der Waals surface area contributed by atoms with Crippen LogP contribution in [-0.2, 0) is 4.74 Å². The molecule has 0 radical (unpaired) electrons. The maximum Gasteiger partial charge on any atom is 0.293 e. The number of anilines is 1. The topological polar surface area (TPSA) is 56.1 Å². The van der Waals surface area contributed by atoms with Crippen LogP contribution in [0.5, 0.6) is 0 Å². The molecule has 0 aliphatic carbocycles. The van der Waals surface area contributed by atoms with Crippen molar-refractivity contribution in [3.63, 3.8) is 0 Å². The summed E-state index contributed by atoms with van der Waals surface area (Å²) in [6.07, 6.45) is 4.20. The SMILES string of the molecule is COCCCNc1nccn(C(C)C)c1=O. The molecule has 0 aromatic carbocycles. The lowest BCUT2D eigenvalue weighted by molar-refractivity contribution is 0.197. The van der Waals surface area contributed by atoms with Crippen molar-refractivity contribution in [1.82, 2.24) is 9.55 Å². The summed E-state index contributed by atoms with van der Waals surface area (Å²) in [5, 5.41) is 3.02. The Morgan fingerprint density at radius 2 is 2.31 bits per heavy atom. The lowest BCUT2D eigenvalue weighted by Gasteiger charge is -2.11. The first-order valence-electron chi connectivity index (χ1n) is 5.46. The Kier molecular flexibility index (Phi) is 4.98. The third kappa shape index (κ3) is 3.34. The fraction of sp³-hybridized carbons (Fsp3) is 0.636. The van der Waals surface area contributed by atoms with Gasteiger partial charge in [0, 0.05) is 38.7 Å². The van der Waals surface area contributed by atoms with Gasteiger partial charge in [-0.2, -0.15) is 0 Å². The van der Waals surface area contributed by atoms with E-state index in [1.807, 2.05) is 13.8 Å². The molecular formula is C11H19N3O2. The maximum absolute atomic E-state index is 11.9. The summed E-state index contributed by atoms with van der Waals surface area (Å²) < 4.78 is 6.59. The summed E-state index contributed by atoms with van der Waals surface area (Å²) in [4.78, 5) is 15.9. The van der Waals surface area contributed by atoms with Gasteiger partial charge < -0.3 is 14.6 Å². The molecule has 0 aliphatic rings. The van der Waals surface area contributed by atoms with Crippen molar-refractivity contribution < 1.29 is 4.74 Å². The molecule has 0 aliphatic heterocycles. The van der Waals surface area contributed by atoms with E-state index >= 15 is 0 Å². The third-order valence-corrected chi connectivity index (χ3v) is 2.24. The molecule has 90 valence electrons. The van der Waals surface area contributed by atoms with Crippen LogP contribution in [0.3, 0.4) is 0 Å². The second-order valence-corrected chi connectivity index (χ2v) is 3.86. The molecule has 0 unspecified atom stereocenters. The molecule has 0 saturated carbocycles. The van der Waals surface area contributed by atoms with Crippen LogP contribution in [0.1, 0.15) is 26.3 Å². The zero-order valence-corrected chi connectivity index (χ0v) is 10.1. The van der Waals surface area contributed by atoms with Gasteiger partial charge in [0.2, 0.25) is 0 Å². The van der Waals surface area contributed by atoms with Gasteiger partial charge in [0.15, 0.2) is 5.82 Å². The van der Waals surface area contributed by atoms with Crippen molar-refractivity contribution in [3.05, 3.63) is 22.7 Å². The van der Waals surface area contributed by atoms with Gasteiger partial charge >= 0.3 is 0 Å². The first kappa shape index (κ1) is 12.7. The Hall–Kier alpha value is -1.36. The Morgan fingerprint density at radius 1 is 1.56 bits per heavy atom. The van der Waals surface area contributed by atoms with Gasteiger partial charge in [-0.15, -0.1) is 0 Å². The van der Waals surface area contributed by atoms with Crippen molar-refractivity contribution in [1.29, 1.82) is 0 Å². The minimum absolute atomic E-state index is 0.0742. The van der Waals surface area contributed by atoms with Gasteiger partial charge in [0.1, 0.15) is 0 Å². The van der Waals surface area contributed by atoms with Crippen LogP contribution in [-0.4, -0.2) is 29.8 Å². The lowest BCUT2D eigenvalue weighted by atomic mass is 10.4. The van der Waals surface area contributed by atoms with Crippen LogP contribution in [0.2, 0.25) is 0 Å². The molecule has 5 heteroatoms. The van der Waals surface area contributed by atoms with Crippen molar-refractivity contribution in [3.8, 4) is 0 Å². The minimum atomic E-state index is -0.0742. The highest BCUT2D eigenvalue weighted by Crippen LogP contribution is 2.01. The largest absolute Gasteiger partial charge is 0.385 e. The Balaban J connectivity index is 2.66. The number of hydrogen-bond donors (Lipinski definition) is 1. The van der Waals surface area contributed by atoms with Gasteiger partial charge in [-0.1, -0.05) is 0 Å². The quantitative estimate of drug-likeness (QED) is 0.741. The predicted octanol–water partition coefficient (Wildman–Crippen LogP) is 1.27. The number of ether oxygens (including phenoxy) is 1. The summed E-state index contributed by atoms with van der Waals surface area (Å²) in [5.74, 6) is 0.410. The standard InChI is InChI=1S/C11H19N3O2/c1-9(2)14-7-6-13-10(11(14)15)12-5-4-8-16-3/h6-7,9H,4-5,8H2,1-3H3,(H,12,13). The predicted molar refractivity (Wildman–Crippen MR) is 63.9 cm³/mol. The third-order valence-electron chi connectivity index (χ3n) is 2.24. The highest BCUT2D eigenvalue weighted by atomic mass is 16.5. The molecule has 0 atom stereocenters. The first-order valence-corrected chi connectivity index (χ1v) is 5.46. The minimum Gasteiger partial charge on any atom is -0.385 e. The Morgan fingerprint density at radius 3 is 2.94 bits per heavy atom. The van der Waals surface area contributed by atoms with Crippen LogP contribution >= 0.6 is 0 Å². The number of nitrogens with one attached hydrogen (secondary N) is 1. The van der Waals surface area contributed by atoms with E-state index in [0.29, 0.717) is 19.0 Å². The average molecular weight is 225 g/mol. The van der Waals surface area contributed by atoms with Crippen LogP contribution in [0, 0.1) is 0 Å². The van der Waals surface area contributed by atoms with E-state index in [0.717, 1.165) is 6.42 Å². The van der Waals surface area contributed by atoms with E-state index in [1.165, 1.54) is 0 Å². The lowest BCUT2D eigenvalue weighted by Crippen LogP contribution is -2.26. The molecule has 1 rings (SSSR count). The summed E-state index contributed by atoms with van der Waals surface area (Å²) in [5.41, 5.74) is -0.0742. The van der Waals surface area contributed by atoms with Crippen LogP contribution in [0.4, 0.5) is 5.82 Å². The van der Waals surface area contributed by atoms with E-state index in [4.69, 9.17) is 4.74 Å². The Bertz CT molecular complexity index is 374. The maximum atomic E-state index is 11.9. The highest BCUT2D eigenvalue weighted by molar-refractivity contribution is 5.30. The van der Waals surface area contributed by atoms with Crippen molar-refractivity contribution in [2.24, 2.45) is 0 Å². The number of hydrogen-bond acceptors (Lipinski definition) is 4. The molecule has 1 aromatic heterocycles. The van der Waals surface area contributed by atoms with Gasteiger partial charge in [0.05, 0.1) is 0 Å². The summed E-state index contributed by atoms with van der Waals surface area (Å²) in [6, 6.07) is 0.148. The van der Waals surface area contributed by atoms with E-state index in [9.17, 15) is 4.79 Å². The van der Waals surface area contributed by atoms with Crippen LogP contribution in [0.25, 0.3) is 0 Å².